The molecule has 0 unspecified atom stereocenters. The van der Waals surface area contributed by atoms with Crippen LogP contribution in [0, 0.1) is 6.92 Å². The Bertz CT molecular complexity index is 882. The van der Waals surface area contributed by atoms with Gasteiger partial charge in [0, 0.05) is 15.1 Å². The van der Waals surface area contributed by atoms with E-state index in [0.29, 0.717) is 4.91 Å². The van der Waals surface area contributed by atoms with Crippen LogP contribution in [0.1, 0.15) is 11.1 Å². The second kappa shape index (κ2) is 8.33. The van der Waals surface area contributed by atoms with E-state index in [2.05, 4.69) is 21.2 Å². The Kier molecular flexibility index (Phi) is 6.11. The van der Waals surface area contributed by atoms with E-state index in [1.807, 2.05) is 55.6 Å². The molecule has 1 saturated heterocycles. The summed E-state index contributed by atoms with van der Waals surface area (Å²) in [5.41, 5.74) is 2.84. The number of aryl methyl sites for hydroxylation is 1. The van der Waals surface area contributed by atoms with Crippen molar-refractivity contribution in [1.82, 2.24) is 4.90 Å². The average molecular weight is 449 g/mol. The van der Waals surface area contributed by atoms with Crippen LogP contribution < -0.4 is 5.32 Å². The highest BCUT2D eigenvalue weighted by molar-refractivity contribution is 9.10. The van der Waals surface area contributed by atoms with Gasteiger partial charge in [0.25, 0.3) is 11.1 Å². The number of nitrogens with one attached hydrogen (secondary N) is 1. The molecule has 2 amide bonds. The van der Waals surface area contributed by atoms with E-state index < -0.39 is 0 Å². The molecule has 0 radical (unpaired) electrons. The summed E-state index contributed by atoms with van der Waals surface area (Å²) in [4.78, 5) is 27.6. The zero-order chi connectivity index (χ0) is 18.7. The fraction of sp³-hybridized carbons (Fsp3) is 0.158. The summed E-state index contributed by atoms with van der Waals surface area (Å²) in [5, 5.41) is 2.90. The zero-order valence-electron chi connectivity index (χ0n) is 14.3. The van der Waals surface area contributed by atoms with Gasteiger partial charge in [0.1, 0.15) is 0 Å². The number of hydrogen-bond acceptors (Lipinski definition) is 5. The summed E-state index contributed by atoms with van der Waals surface area (Å²) in [5.74, 6) is -0.267. The SMILES string of the molecule is CSc1ccc(C=C2SC(=O)N(CNc3ccc(Br)cc3C)C2=O)cc1. The van der Waals surface area contributed by atoms with E-state index in [0.717, 1.165) is 37.9 Å². The molecule has 2 aromatic carbocycles. The number of hydrogen-bond donors (Lipinski definition) is 1. The maximum absolute atomic E-state index is 12.6. The Balaban J connectivity index is 1.70. The highest BCUT2D eigenvalue weighted by Crippen LogP contribution is 2.32. The van der Waals surface area contributed by atoms with Crippen molar-refractivity contribution in [2.45, 2.75) is 11.8 Å². The van der Waals surface area contributed by atoms with Crippen molar-refractivity contribution < 1.29 is 9.59 Å². The summed E-state index contributed by atoms with van der Waals surface area (Å²) >= 11 is 6.06. The fourth-order valence-electron chi connectivity index (χ4n) is 2.48. The first-order chi connectivity index (χ1) is 12.5. The number of halogens is 1. The molecule has 0 bridgehead atoms. The quantitative estimate of drug-likeness (QED) is 0.477. The molecule has 3 rings (SSSR count). The predicted molar refractivity (Wildman–Crippen MR) is 113 cm³/mol. The lowest BCUT2D eigenvalue weighted by molar-refractivity contribution is -0.122. The third kappa shape index (κ3) is 4.34. The Hall–Kier alpha value is -1.70. The van der Waals surface area contributed by atoms with Crippen LogP contribution in [0.2, 0.25) is 0 Å². The topological polar surface area (TPSA) is 49.4 Å². The first-order valence-corrected chi connectivity index (χ1v) is 10.7. The summed E-state index contributed by atoms with van der Waals surface area (Å²) in [6.45, 7) is 2.12. The second-order valence-corrected chi connectivity index (χ2v) is 8.47. The van der Waals surface area contributed by atoms with Gasteiger partial charge in [0.2, 0.25) is 0 Å². The van der Waals surface area contributed by atoms with Crippen LogP contribution in [0.3, 0.4) is 0 Å². The minimum atomic E-state index is -0.267. The van der Waals surface area contributed by atoms with Crippen molar-refractivity contribution in [3.8, 4) is 0 Å². The fourth-order valence-corrected chi connectivity index (χ4v) is 4.20. The van der Waals surface area contributed by atoms with E-state index in [1.165, 1.54) is 4.90 Å². The number of rotatable bonds is 5. The Morgan fingerprint density at radius 3 is 2.58 bits per heavy atom. The molecule has 1 N–H and O–H groups in total. The van der Waals surface area contributed by atoms with Gasteiger partial charge in [-0.15, -0.1) is 11.8 Å². The molecule has 0 atom stereocenters. The third-order valence-corrected chi connectivity index (χ3v) is 6.05. The minimum absolute atomic E-state index is 0.149. The predicted octanol–water partition coefficient (Wildman–Crippen LogP) is 5.59. The average Bonchev–Trinajstić information content (AvgIpc) is 2.88. The molecule has 2 aromatic rings. The molecule has 1 aliphatic heterocycles. The van der Waals surface area contributed by atoms with Gasteiger partial charge in [-0.25, -0.2) is 0 Å². The summed E-state index contributed by atoms with van der Waals surface area (Å²) in [6.07, 6.45) is 3.78. The molecular weight excluding hydrogens is 432 g/mol. The number of carbonyl (C=O) groups is 2. The van der Waals surface area contributed by atoms with Crippen molar-refractivity contribution in [2.24, 2.45) is 0 Å². The van der Waals surface area contributed by atoms with Gasteiger partial charge >= 0.3 is 0 Å². The van der Waals surface area contributed by atoms with E-state index >= 15 is 0 Å². The first kappa shape index (κ1) is 19.1. The molecule has 4 nitrogen and oxygen atoms in total. The van der Waals surface area contributed by atoms with Crippen LogP contribution >= 0.6 is 39.5 Å². The number of anilines is 1. The maximum Gasteiger partial charge on any atom is 0.295 e. The van der Waals surface area contributed by atoms with Crippen LogP contribution in [-0.4, -0.2) is 29.0 Å². The molecule has 0 aliphatic carbocycles. The molecule has 0 spiro atoms. The Morgan fingerprint density at radius 2 is 1.92 bits per heavy atom. The molecule has 1 fully saturated rings. The molecule has 26 heavy (non-hydrogen) atoms. The van der Waals surface area contributed by atoms with Crippen molar-refractivity contribution in [3.63, 3.8) is 0 Å². The number of benzene rings is 2. The highest BCUT2D eigenvalue weighted by Gasteiger charge is 2.34. The van der Waals surface area contributed by atoms with Gasteiger partial charge in [-0.2, -0.15) is 0 Å². The van der Waals surface area contributed by atoms with Crippen molar-refractivity contribution in [1.29, 1.82) is 0 Å². The first-order valence-electron chi connectivity index (χ1n) is 7.87. The molecule has 7 heteroatoms. The number of carbonyl (C=O) groups excluding carboxylic acids is 2. The molecule has 1 heterocycles. The number of imide groups is 1. The number of amides is 2. The smallest absolute Gasteiger partial charge is 0.295 e. The van der Waals surface area contributed by atoms with Gasteiger partial charge in [0.15, 0.2) is 0 Å². The lowest BCUT2D eigenvalue weighted by atomic mass is 10.2. The van der Waals surface area contributed by atoms with Crippen LogP contribution in [0.25, 0.3) is 6.08 Å². The zero-order valence-corrected chi connectivity index (χ0v) is 17.5. The second-order valence-electron chi connectivity index (χ2n) is 5.68. The van der Waals surface area contributed by atoms with E-state index in [9.17, 15) is 9.59 Å². The van der Waals surface area contributed by atoms with Crippen LogP contribution in [0.4, 0.5) is 10.5 Å². The van der Waals surface area contributed by atoms with Crippen LogP contribution in [-0.2, 0) is 4.79 Å². The van der Waals surface area contributed by atoms with Gasteiger partial charge in [-0.05, 0) is 72.5 Å². The lowest BCUT2D eigenvalue weighted by Gasteiger charge is -2.16. The molecule has 1 aliphatic rings. The number of nitrogens with zero attached hydrogens (tertiary/aromatic N) is 1. The Morgan fingerprint density at radius 1 is 1.19 bits per heavy atom. The molecular formula is C19H17BrN2O2S2. The number of thioether (sulfide) groups is 2. The monoisotopic (exact) mass is 448 g/mol. The Labute approximate surface area is 169 Å². The molecule has 134 valence electrons. The van der Waals surface area contributed by atoms with E-state index in [4.69, 9.17) is 0 Å². The standard InChI is InChI=1S/C19H17BrN2O2S2/c1-12-9-14(20)5-8-16(12)21-11-22-18(23)17(26-19(22)24)10-13-3-6-15(25-2)7-4-13/h3-10,21H,11H2,1-2H3. The van der Waals surface area contributed by atoms with Gasteiger partial charge in [-0.3, -0.25) is 14.5 Å². The lowest BCUT2D eigenvalue weighted by Crippen LogP contribution is -2.33. The summed E-state index contributed by atoms with van der Waals surface area (Å²) in [6, 6.07) is 13.7. The van der Waals surface area contributed by atoms with Crippen molar-refractivity contribution >= 4 is 62.4 Å². The van der Waals surface area contributed by atoms with E-state index in [1.54, 1.807) is 17.8 Å². The van der Waals surface area contributed by atoms with Gasteiger partial charge in [0.05, 0.1) is 11.6 Å². The highest BCUT2D eigenvalue weighted by atomic mass is 79.9. The van der Waals surface area contributed by atoms with E-state index in [-0.39, 0.29) is 17.8 Å². The third-order valence-electron chi connectivity index (χ3n) is 3.90. The van der Waals surface area contributed by atoms with Crippen molar-refractivity contribution in [2.75, 3.05) is 18.2 Å². The summed E-state index contributed by atoms with van der Waals surface area (Å²) < 4.78 is 0.988. The normalized spacial score (nSPS) is 15.8. The van der Waals surface area contributed by atoms with Crippen LogP contribution in [0.5, 0.6) is 0 Å². The maximum atomic E-state index is 12.6. The van der Waals surface area contributed by atoms with Crippen molar-refractivity contribution in [3.05, 3.63) is 63.0 Å². The molecule has 0 aromatic heterocycles. The van der Waals surface area contributed by atoms with Gasteiger partial charge < -0.3 is 5.32 Å². The largest absolute Gasteiger partial charge is 0.367 e. The van der Waals surface area contributed by atoms with Gasteiger partial charge in [-0.1, -0.05) is 28.1 Å². The molecule has 0 saturated carbocycles. The minimum Gasteiger partial charge on any atom is -0.367 e. The van der Waals surface area contributed by atoms with Crippen LogP contribution in [0.15, 0.2) is 56.7 Å². The summed E-state index contributed by atoms with van der Waals surface area (Å²) in [7, 11) is 0.